The Morgan fingerprint density at radius 3 is 2.50 bits per heavy atom. The summed E-state index contributed by atoms with van der Waals surface area (Å²) in [4.78, 5) is 2.11. The molecule has 1 saturated heterocycles. The van der Waals surface area contributed by atoms with Gasteiger partial charge in [-0.05, 0) is 19.8 Å². The number of β-amino-alcohol motifs (C(OH)–C–C–N with tert-alkyl or cyclic N) is 1. The minimum absolute atomic E-state index is 0.0332. The summed E-state index contributed by atoms with van der Waals surface area (Å²) in [7, 11) is -3.03. The van der Waals surface area contributed by atoms with Crippen LogP contribution < -0.4 is 0 Å². The van der Waals surface area contributed by atoms with Crippen LogP contribution in [0.4, 0.5) is 0 Å². The van der Waals surface area contributed by atoms with Crippen molar-refractivity contribution >= 4 is 10.0 Å². The smallest absolute Gasteiger partial charge is 0.217 e. The minimum atomic E-state index is -3.03. The molecular formula is C10H20N2O3S. The van der Waals surface area contributed by atoms with Gasteiger partial charge in [-0.3, -0.25) is 4.90 Å². The molecule has 0 bridgehead atoms. The number of aliphatic hydroxyl groups excluding tert-OH is 1. The monoisotopic (exact) mass is 248 g/mol. The minimum Gasteiger partial charge on any atom is -0.395 e. The van der Waals surface area contributed by atoms with Gasteiger partial charge in [0.05, 0.1) is 11.9 Å². The van der Waals surface area contributed by atoms with E-state index in [4.69, 9.17) is 5.11 Å². The highest BCUT2D eigenvalue weighted by Gasteiger charge is 2.43. The van der Waals surface area contributed by atoms with Crippen LogP contribution in [0.15, 0.2) is 0 Å². The van der Waals surface area contributed by atoms with Crippen molar-refractivity contribution in [2.75, 3.05) is 32.8 Å². The third kappa shape index (κ3) is 2.40. The Morgan fingerprint density at radius 1 is 1.31 bits per heavy atom. The van der Waals surface area contributed by atoms with Gasteiger partial charge in [0.15, 0.2) is 0 Å². The molecule has 1 unspecified atom stereocenters. The fourth-order valence-electron chi connectivity index (χ4n) is 2.30. The van der Waals surface area contributed by atoms with Crippen molar-refractivity contribution in [2.45, 2.75) is 31.1 Å². The van der Waals surface area contributed by atoms with Crippen LogP contribution in [0.3, 0.4) is 0 Å². The predicted molar refractivity (Wildman–Crippen MR) is 61.6 cm³/mol. The molecule has 2 rings (SSSR count). The van der Waals surface area contributed by atoms with Crippen LogP contribution >= 0.6 is 0 Å². The molecule has 0 aromatic heterocycles. The lowest BCUT2D eigenvalue weighted by atomic mass is 10.2. The zero-order valence-electron chi connectivity index (χ0n) is 9.67. The van der Waals surface area contributed by atoms with E-state index in [-0.39, 0.29) is 17.9 Å². The van der Waals surface area contributed by atoms with Crippen LogP contribution in [-0.4, -0.2) is 66.8 Å². The summed E-state index contributed by atoms with van der Waals surface area (Å²) in [6.07, 6.45) is 1.65. The summed E-state index contributed by atoms with van der Waals surface area (Å²) in [5, 5.41) is 8.74. The van der Waals surface area contributed by atoms with Crippen molar-refractivity contribution in [1.82, 2.24) is 9.21 Å². The third-order valence-corrected chi connectivity index (χ3v) is 5.85. The molecule has 0 amide bonds. The Bertz CT molecular complexity index is 340. The largest absolute Gasteiger partial charge is 0.395 e. The summed E-state index contributed by atoms with van der Waals surface area (Å²) in [6.45, 7) is 4.76. The molecule has 6 heteroatoms. The van der Waals surface area contributed by atoms with Gasteiger partial charge in [0.25, 0.3) is 0 Å². The average Bonchev–Trinajstić information content (AvgIpc) is 3.00. The molecule has 2 aliphatic rings. The lowest BCUT2D eigenvalue weighted by Gasteiger charge is -2.38. The normalized spacial score (nSPS) is 29.5. The Morgan fingerprint density at radius 2 is 2.00 bits per heavy atom. The average molecular weight is 248 g/mol. The first kappa shape index (κ1) is 12.3. The van der Waals surface area contributed by atoms with Gasteiger partial charge in [-0.2, -0.15) is 4.31 Å². The van der Waals surface area contributed by atoms with E-state index in [1.54, 1.807) is 4.31 Å². The van der Waals surface area contributed by atoms with Crippen molar-refractivity contribution in [2.24, 2.45) is 0 Å². The van der Waals surface area contributed by atoms with Crippen molar-refractivity contribution in [3.05, 3.63) is 0 Å². The lowest BCUT2D eigenvalue weighted by Crippen LogP contribution is -2.55. The predicted octanol–water partition coefficient (Wildman–Crippen LogP) is -0.523. The van der Waals surface area contributed by atoms with Crippen LogP contribution in [0.25, 0.3) is 0 Å². The lowest BCUT2D eigenvalue weighted by molar-refractivity contribution is 0.120. The SMILES string of the molecule is CC1CN(CCO)CCN1S(=O)(=O)C1CC1. The van der Waals surface area contributed by atoms with Crippen LogP contribution in [0.2, 0.25) is 0 Å². The highest BCUT2D eigenvalue weighted by atomic mass is 32.2. The molecule has 0 radical (unpaired) electrons. The number of hydrogen-bond acceptors (Lipinski definition) is 4. The summed E-state index contributed by atoms with van der Waals surface area (Å²) in [6, 6.07) is 0.0332. The fourth-order valence-corrected chi connectivity index (χ4v) is 4.32. The van der Waals surface area contributed by atoms with Gasteiger partial charge in [-0.1, -0.05) is 0 Å². The topological polar surface area (TPSA) is 60.9 Å². The van der Waals surface area contributed by atoms with Crippen molar-refractivity contribution in [1.29, 1.82) is 0 Å². The Balaban J connectivity index is 1.98. The van der Waals surface area contributed by atoms with Crippen LogP contribution in [-0.2, 0) is 10.0 Å². The fraction of sp³-hybridized carbons (Fsp3) is 1.00. The molecule has 94 valence electrons. The van der Waals surface area contributed by atoms with Gasteiger partial charge >= 0.3 is 0 Å². The van der Waals surface area contributed by atoms with Gasteiger partial charge in [0.1, 0.15) is 0 Å². The quantitative estimate of drug-likeness (QED) is 0.727. The summed E-state index contributed by atoms with van der Waals surface area (Å²) < 4.78 is 25.8. The molecule has 0 aromatic rings. The number of nitrogens with zero attached hydrogens (tertiary/aromatic N) is 2. The highest BCUT2D eigenvalue weighted by molar-refractivity contribution is 7.90. The van der Waals surface area contributed by atoms with Crippen LogP contribution in [0, 0.1) is 0 Å². The molecule has 1 heterocycles. The molecule has 0 spiro atoms. The third-order valence-electron chi connectivity index (χ3n) is 3.34. The zero-order valence-corrected chi connectivity index (χ0v) is 10.5. The molecule has 1 N–H and O–H groups in total. The van der Waals surface area contributed by atoms with Crippen LogP contribution in [0.5, 0.6) is 0 Å². The molecule has 16 heavy (non-hydrogen) atoms. The summed E-state index contributed by atoms with van der Waals surface area (Å²) >= 11 is 0. The van der Waals surface area contributed by atoms with Gasteiger partial charge in [-0.25, -0.2) is 8.42 Å². The van der Waals surface area contributed by atoms with Gasteiger partial charge in [0, 0.05) is 32.2 Å². The second-order valence-corrected chi connectivity index (χ2v) is 6.89. The van der Waals surface area contributed by atoms with Crippen molar-refractivity contribution in [3.8, 4) is 0 Å². The maximum Gasteiger partial charge on any atom is 0.217 e. The van der Waals surface area contributed by atoms with Gasteiger partial charge < -0.3 is 5.11 Å². The highest BCUT2D eigenvalue weighted by Crippen LogP contribution is 2.32. The van der Waals surface area contributed by atoms with E-state index >= 15 is 0 Å². The van der Waals surface area contributed by atoms with E-state index in [0.717, 1.165) is 25.9 Å². The standard InChI is InChI=1S/C10H20N2O3S/c1-9-8-11(6-7-13)4-5-12(9)16(14,15)10-2-3-10/h9-10,13H,2-8H2,1H3. The maximum absolute atomic E-state index is 12.1. The van der Waals surface area contributed by atoms with Gasteiger partial charge in [0.2, 0.25) is 10.0 Å². The molecule has 1 atom stereocenters. The molecule has 1 aliphatic heterocycles. The van der Waals surface area contributed by atoms with E-state index in [1.165, 1.54) is 0 Å². The van der Waals surface area contributed by atoms with E-state index in [0.29, 0.717) is 13.1 Å². The first-order chi connectivity index (χ1) is 7.55. The summed E-state index contributed by atoms with van der Waals surface area (Å²) in [5.41, 5.74) is 0. The number of aliphatic hydroxyl groups is 1. The Kier molecular flexibility index (Phi) is 3.53. The van der Waals surface area contributed by atoms with Crippen molar-refractivity contribution in [3.63, 3.8) is 0 Å². The van der Waals surface area contributed by atoms with E-state index in [2.05, 4.69) is 4.90 Å². The zero-order chi connectivity index (χ0) is 11.8. The number of hydrogen-bond donors (Lipinski definition) is 1. The summed E-state index contributed by atoms with van der Waals surface area (Å²) in [5.74, 6) is 0. The molecule has 1 saturated carbocycles. The van der Waals surface area contributed by atoms with E-state index < -0.39 is 10.0 Å². The van der Waals surface area contributed by atoms with Crippen LogP contribution in [0.1, 0.15) is 19.8 Å². The second-order valence-electron chi connectivity index (χ2n) is 4.73. The van der Waals surface area contributed by atoms with Crippen molar-refractivity contribution < 1.29 is 13.5 Å². The molecule has 5 nitrogen and oxygen atoms in total. The number of rotatable bonds is 4. The number of piperazine rings is 1. The van der Waals surface area contributed by atoms with E-state index in [1.807, 2.05) is 6.92 Å². The molecule has 0 aromatic carbocycles. The van der Waals surface area contributed by atoms with Gasteiger partial charge in [-0.15, -0.1) is 0 Å². The maximum atomic E-state index is 12.1. The Labute approximate surface area is 97.1 Å². The molecular weight excluding hydrogens is 228 g/mol. The molecule has 2 fully saturated rings. The first-order valence-electron chi connectivity index (χ1n) is 5.89. The van der Waals surface area contributed by atoms with E-state index in [9.17, 15) is 8.42 Å². The first-order valence-corrected chi connectivity index (χ1v) is 7.40. The second kappa shape index (κ2) is 4.60. The molecule has 1 aliphatic carbocycles. The number of sulfonamides is 1. The Hall–Kier alpha value is -0.170.